The molecule has 0 saturated heterocycles. The number of nitrogens with one attached hydrogen (secondary N) is 2. The molecule has 0 aliphatic heterocycles. The maximum Gasteiger partial charge on any atom is 0.269 e. The van der Waals surface area contributed by atoms with Gasteiger partial charge >= 0.3 is 0 Å². The van der Waals surface area contributed by atoms with E-state index in [-0.39, 0.29) is 23.9 Å². The molecule has 0 radical (unpaired) electrons. The highest BCUT2D eigenvalue weighted by molar-refractivity contribution is 7.89. The monoisotopic (exact) mass is 416 g/mol. The molecule has 0 atom stereocenters. The summed E-state index contributed by atoms with van der Waals surface area (Å²) in [6, 6.07) is 13.7. The van der Waals surface area contributed by atoms with Gasteiger partial charge in [0.25, 0.3) is 5.91 Å². The zero-order chi connectivity index (χ0) is 21.0. The Bertz CT molecular complexity index is 1140. The van der Waals surface area contributed by atoms with Crippen molar-refractivity contribution in [1.82, 2.24) is 19.8 Å². The van der Waals surface area contributed by atoms with Gasteiger partial charge in [-0.15, -0.1) is 0 Å². The maximum absolute atomic E-state index is 13.2. The first-order valence-electron chi connectivity index (χ1n) is 8.86. The molecular formula is C20H21FN4O3S. The van der Waals surface area contributed by atoms with Crippen LogP contribution in [0.2, 0.25) is 0 Å². The zero-order valence-electron chi connectivity index (χ0n) is 16.0. The summed E-state index contributed by atoms with van der Waals surface area (Å²) < 4.78 is 42.3. The Kier molecular flexibility index (Phi) is 6.09. The van der Waals surface area contributed by atoms with Crippen LogP contribution in [0.15, 0.2) is 59.5 Å². The lowest BCUT2D eigenvalue weighted by Crippen LogP contribution is -2.26. The van der Waals surface area contributed by atoms with Crippen LogP contribution in [0, 0.1) is 12.7 Å². The molecule has 1 heterocycles. The molecule has 2 N–H and O–H groups in total. The van der Waals surface area contributed by atoms with Crippen LogP contribution in [-0.2, 0) is 30.2 Å². The molecule has 3 rings (SSSR count). The van der Waals surface area contributed by atoms with Gasteiger partial charge in [0.15, 0.2) is 0 Å². The van der Waals surface area contributed by atoms with Gasteiger partial charge in [-0.05, 0) is 48.4 Å². The molecule has 0 fully saturated rings. The number of carbonyl (C=O) groups is 1. The van der Waals surface area contributed by atoms with Gasteiger partial charge in [0.05, 0.1) is 10.6 Å². The van der Waals surface area contributed by atoms with Crippen molar-refractivity contribution < 1.29 is 17.6 Å². The van der Waals surface area contributed by atoms with Crippen molar-refractivity contribution >= 4 is 15.9 Å². The summed E-state index contributed by atoms with van der Waals surface area (Å²) in [6.45, 7) is 1.93. The molecule has 152 valence electrons. The summed E-state index contributed by atoms with van der Waals surface area (Å²) in [5.74, 6) is -0.728. The Morgan fingerprint density at radius 1 is 1.07 bits per heavy atom. The number of nitrogens with zero attached hydrogens (tertiary/aromatic N) is 2. The third-order valence-corrected chi connectivity index (χ3v) is 5.65. The van der Waals surface area contributed by atoms with Crippen molar-refractivity contribution in [2.24, 2.45) is 7.05 Å². The van der Waals surface area contributed by atoms with E-state index in [4.69, 9.17) is 0 Å². The number of hydrogen-bond acceptors (Lipinski definition) is 4. The molecule has 0 unspecified atom stereocenters. The van der Waals surface area contributed by atoms with Gasteiger partial charge in [0, 0.05) is 20.1 Å². The standard InChI is InChI=1S/C20H21FN4O3S/c1-14-9-19(25(2)24-14)20(26)22-12-16-6-4-8-18(11-16)29(27,28)23-13-15-5-3-7-17(21)10-15/h3-11,23H,12-13H2,1-2H3,(H,22,26). The molecular weight excluding hydrogens is 395 g/mol. The molecule has 0 bridgehead atoms. The van der Waals surface area contributed by atoms with Crippen molar-refractivity contribution in [3.05, 3.63) is 82.9 Å². The Hall–Kier alpha value is -3.04. The van der Waals surface area contributed by atoms with Crippen molar-refractivity contribution in [2.75, 3.05) is 0 Å². The average molecular weight is 416 g/mol. The topological polar surface area (TPSA) is 93.1 Å². The third kappa shape index (κ3) is 5.27. The van der Waals surface area contributed by atoms with Gasteiger partial charge in [-0.1, -0.05) is 24.3 Å². The Morgan fingerprint density at radius 2 is 1.76 bits per heavy atom. The van der Waals surface area contributed by atoms with Crippen molar-refractivity contribution in [2.45, 2.75) is 24.9 Å². The lowest BCUT2D eigenvalue weighted by atomic mass is 10.2. The van der Waals surface area contributed by atoms with E-state index in [1.54, 1.807) is 38.2 Å². The molecule has 3 aromatic rings. The minimum Gasteiger partial charge on any atom is -0.347 e. The molecule has 9 heteroatoms. The Balaban J connectivity index is 1.66. The second-order valence-electron chi connectivity index (χ2n) is 6.58. The first-order valence-corrected chi connectivity index (χ1v) is 10.3. The first kappa shape index (κ1) is 20.7. The van der Waals surface area contributed by atoms with Gasteiger partial charge in [-0.2, -0.15) is 5.10 Å². The highest BCUT2D eigenvalue weighted by Crippen LogP contribution is 2.13. The van der Waals surface area contributed by atoms with E-state index in [2.05, 4.69) is 15.1 Å². The fraction of sp³-hybridized carbons (Fsp3) is 0.200. The van der Waals surface area contributed by atoms with E-state index in [1.807, 2.05) is 0 Å². The number of sulfonamides is 1. The molecule has 1 amide bonds. The minimum atomic E-state index is -3.79. The quantitative estimate of drug-likeness (QED) is 0.618. The third-order valence-electron chi connectivity index (χ3n) is 4.25. The Labute approximate surface area is 168 Å². The molecule has 2 aromatic carbocycles. The van der Waals surface area contributed by atoms with E-state index in [9.17, 15) is 17.6 Å². The highest BCUT2D eigenvalue weighted by Gasteiger charge is 2.15. The normalized spacial score (nSPS) is 11.4. The van der Waals surface area contributed by atoms with Crippen molar-refractivity contribution in [3.8, 4) is 0 Å². The summed E-state index contributed by atoms with van der Waals surface area (Å²) in [4.78, 5) is 12.4. The summed E-state index contributed by atoms with van der Waals surface area (Å²) in [5, 5.41) is 6.88. The molecule has 7 nitrogen and oxygen atoms in total. The number of halogens is 1. The van der Waals surface area contributed by atoms with E-state index >= 15 is 0 Å². The number of rotatable bonds is 7. The molecule has 29 heavy (non-hydrogen) atoms. The van der Waals surface area contributed by atoms with Gasteiger partial charge in [0.1, 0.15) is 11.5 Å². The summed E-state index contributed by atoms with van der Waals surface area (Å²) in [6.07, 6.45) is 0. The molecule has 0 saturated carbocycles. The predicted octanol–water partition coefficient (Wildman–Crippen LogP) is 2.28. The number of aryl methyl sites for hydroxylation is 2. The molecule has 0 aliphatic rings. The number of benzene rings is 2. The van der Waals surface area contributed by atoms with Crippen LogP contribution in [0.5, 0.6) is 0 Å². The number of hydrogen-bond donors (Lipinski definition) is 2. The van der Waals surface area contributed by atoms with Gasteiger partial charge in [0.2, 0.25) is 10.0 Å². The van der Waals surface area contributed by atoms with Crippen LogP contribution in [0.3, 0.4) is 0 Å². The van der Waals surface area contributed by atoms with Crippen LogP contribution in [0.25, 0.3) is 0 Å². The van der Waals surface area contributed by atoms with E-state index in [1.165, 1.54) is 35.0 Å². The van der Waals surface area contributed by atoms with Crippen LogP contribution < -0.4 is 10.0 Å². The highest BCUT2D eigenvalue weighted by atomic mass is 32.2. The molecule has 1 aromatic heterocycles. The second-order valence-corrected chi connectivity index (χ2v) is 8.35. The number of aromatic nitrogens is 2. The van der Waals surface area contributed by atoms with E-state index in [0.29, 0.717) is 16.8 Å². The first-order chi connectivity index (χ1) is 13.7. The predicted molar refractivity (Wildman–Crippen MR) is 106 cm³/mol. The number of carbonyl (C=O) groups excluding carboxylic acids is 1. The smallest absolute Gasteiger partial charge is 0.269 e. The summed E-state index contributed by atoms with van der Waals surface area (Å²) >= 11 is 0. The van der Waals surface area contributed by atoms with Gasteiger partial charge in [-0.25, -0.2) is 17.5 Å². The van der Waals surface area contributed by atoms with Crippen LogP contribution in [0.4, 0.5) is 4.39 Å². The van der Waals surface area contributed by atoms with Gasteiger partial charge in [-0.3, -0.25) is 9.48 Å². The molecule has 0 aliphatic carbocycles. The van der Waals surface area contributed by atoms with Gasteiger partial charge < -0.3 is 5.32 Å². The lowest BCUT2D eigenvalue weighted by Gasteiger charge is -2.10. The van der Waals surface area contributed by atoms with E-state index in [0.717, 1.165) is 5.69 Å². The number of amides is 1. The SMILES string of the molecule is Cc1cc(C(=O)NCc2cccc(S(=O)(=O)NCc3cccc(F)c3)c2)n(C)n1. The largest absolute Gasteiger partial charge is 0.347 e. The van der Waals surface area contributed by atoms with Crippen LogP contribution in [0.1, 0.15) is 27.3 Å². The zero-order valence-corrected chi connectivity index (χ0v) is 16.8. The van der Waals surface area contributed by atoms with E-state index < -0.39 is 15.8 Å². The second kappa shape index (κ2) is 8.54. The van der Waals surface area contributed by atoms with Crippen molar-refractivity contribution in [3.63, 3.8) is 0 Å². The average Bonchev–Trinajstić information content (AvgIpc) is 3.03. The molecule has 0 spiro atoms. The van der Waals surface area contributed by atoms with Crippen molar-refractivity contribution in [1.29, 1.82) is 0 Å². The fourth-order valence-electron chi connectivity index (χ4n) is 2.83. The van der Waals surface area contributed by atoms with Crippen LogP contribution >= 0.6 is 0 Å². The fourth-order valence-corrected chi connectivity index (χ4v) is 3.91. The van der Waals surface area contributed by atoms with Crippen LogP contribution in [-0.4, -0.2) is 24.1 Å². The summed E-state index contributed by atoms with van der Waals surface area (Å²) in [5.41, 5.74) is 2.30. The Morgan fingerprint density at radius 3 is 2.41 bits per heavy atom. The maximum atomic E-state index is 13.2. The summed E-state index contributed by atoms with van der Waals surface area (Å²) in [7, 11) is -2.11. The lowest BCUT2D eigenvalue weighted by molar-refractivity contribution is 0.0941. The minimum absolute atomic E-state index is 0.0269.